The van der Waals surface area contributed by atoms with Crippen molar-refractivity contribution in [2.45, 2.75) is 245 Å². The van der Waals surface area contributed by atoms with E-state index in [1.165, 1.54) is 77.0 Å². The fraction of sp³-hybridized carbons (Fsp3) is 0.678. The van der Waals surface area contributed by atoms with Crippen molar-refractivity contribution in [2.75, 3.05) is 13.2 Å². The molecular formula is C59H98O6. The number of carbonyl (C=O) groups excluding carboxylic acids is 3. The molecule has 0 radical (unpaired) electrons. The van der Waals surface area contributed by atoms with Crippen LogP contribution in [0.15, 0.2) is 97.2 Å². The Hall–Kier alpha value is -3.67. The molecule has 0 saturated carbocycles. The van der Waals surface area contributed by atoms with E-state index in [2.05, 4.69) is 118 Å². The van der Waals surface area contributed by atoms with Crippen LogP contribution >= 0.6 is 0 Å². The molecule has 0 aromatic carbocycles. The first-order valence-corrected chi connectivity index (χ1v) is 26.7. The molecule has 6 nitrogen and oxygen atoms in total. The number of hydrogen-bond donors (Lipinski definition) is 0. The summed E-state index contributed by atoms with van der Waals surface area (Å²) >= 11 is 0. The quantitative estimate of drug-likeness (QED) is 0.0262. The zero-order chi connectivity index (χ0) is 47.2. The fourth-order valence-corrected chi connectivity index (χ4v) is 7.14. The summed E-state index contributed by atoms with van der Waals surface area (Å²) in [5.74, 6) is -0.979. The molecule has 0 aromatic rings. The molecule has 0 heterocycles. The van der Waals surface area contributed by atoms with E-state index in [1.807, 2.05) is 0 Å². The van der Waals surface area contributed by atoms with Gasteiger partial charge in [-0.05, 0) is 89.9 Å². The van der Waals surface area contributed by atoms with Crippen molar-refractivity contribution < 1.29 is 28.6 Å². The van der Waals surface area contributed by atoms with E-state index in [1.54, 1.807) is 0 Å². The van der Waals surface area contributed by atoms with Crippen molar-refractivity contribution >= 4 is 17.9 Å². The van der Waals surface area contributed by atoms with Crippen molar-refractivity contribution in [3.63, 3.8) is 0 Å². The normalized spacial score (nSPS) is 12.8. The van der Waals surface area contributed by atoms with Gasteiger partial charge in [-0.25, -0.2) is 0 Å². The highest BCUT2D eigenvalue weighted by molar-refractivity contribution is 5.71. The minimum absolute atomic E-state index is 0.101. The molecule has 0 fully saturated rings. The number of ether oxygens (including phenoxy) is 3. The van der Waals surface area contributed by atoms with Gasteiger partial charge in [-0.3, -0.25) is 14.4 Å². The Morgan fingerprint density at radius 1 is 0.323 bits per heavy atom. The lowest BCUT2D eigenvalue weighted by molar-refractivity contribution is -0.167. The van der Waals surface area contributed by atoms with Crippen molar-refractivity contribution in [3.8, 4) is 0 Å². The maximum Gasteiger partial charge on any atom is 0.306 e. The molecule has 0 aliphatic heterocycles. The summed E-state index contributed by atoms with van der Waals surface area (Å²) in [4.78, 5) is 38.0. The van der Waals surface area contributed by atoms with E-state index in [9.17, 15) is 14.4 Å². The largest absolute Gasteiger partial charge is 0.462 e. The summed E-state index contributed by atoms with van der Waals surface area (Å²) in [6, 6.07) is 0. The maximum absolute atomic E-state index is 12.8. The van der Waals surface area contributed by atoms with Crippen molar-refractivity contribution in [1.29, 1.82) is 0 Å². The smallest absolute Gasteiger partial charge is 0.306 e. The van der Waals surface area contributed by atoms with Crippen molar-refractivity contribution in [2.24, 2.45) is 0 Å². The Bertz CT molecular complexity index is 1310. The second-order valence-corrected chi connectivity index (χ2v) is 17.4. The third-order valence-electron chi connectivity index (χ3n) is 11.1. The van der Waals surface area contributed by atoms with Crippen LogP contribution in [0.4, 0.5) is 0 Å². The lowest BCUT2D eigenvalue weighted by atomic mass is 10.0. The summed E-state index contributed by atoms with van der Waals surface area (Å²) in [7, 11) is 0. The van der Waals surface area contributed by atoms with E-state index in [0.29, 0.717) is 19.3 Å². The molecular weight excluding hydrogens is 805 g/mol. The fourth-order valence-electron chi connectivity index (χ4n) is 7.14. The van der Waals surface area contributed by atoms with Gasteiger partial charge in [-0.15, -0.1) is 0 Å². The van der Waals surface area contributed by atoms with Crippen LogP contribution in [-0.4, -0.2) is 37.2 Å². The van der Waals surface area contributed by atoms with Gasteiger partial charge < -0.3 is 14.2 Å². The minimum Gasteiger partial charge on any atom is -0.462 e. The standard InChI is InChI=1S/C59H98O6/c1-4-7-10-13-16-19-22-25-28-29-32-34-37-40-43-46-49-52-58(61)64-55-56(65-59(62)53-50-47-44-41-38-35-31-27-24-21-18-15-12-9-6-3)54-63-57(60)51-48-45-42-39-36-33-30-26-23-20-17-14-11-8-5-2/h7,9-10,12,16,18-19,21,25,27-28,31-32,34,40,43,56H,4-6,8,11,13-15,17,20,22-24,26,29-30,33,35-39,41-42,44-55H2,1-3H3/b10-7-,12-9-,19-16-,21-18-,28-25-,31-27-,34-32-,43-40-/t56-/m0/s1. The molecule has 0 aliphatic rings. The zero-order valence-electron chi connectivity index (χ0n) is 42.2. The predicted molar refractivity (Wildman–Crippen MR) is 279 cm³/mol. The topological polar surface area (TPSA) is 78.9 Å². The van der Waals surface area contributed by atoms with Crippen molar-refractivity contribution in [1.82, 2.24) is 0 Å². The number of allylic oxidation sites excluding steroid dienone is 16. The third-order valence-corrected chi connectivity index (χ3v) is 11.1. The molecule has 0 aliphatic carbocycles. The number of carbonyl (C=O) groups is 3. The summed E-state index contributed by atoms with van der Waals surface area (Å²) in [5.41, 5.74) is 0. The van der Waals surface area contributed by atoms with Crippen LogP contribution < -0.4 is 0 Å². The summed E-state index contributed by atoms with van der Waals surface area (Å²) in [5, 5.41) is 0. The Morgan fingerprint density at radius 3 is 1.00 bits per heavy atom. The molecule has 1 atom stereocenters. The van der Waals surface area contributed by atoms with Gasteiger partial charge in [0.2, 0.25) is 0 Å². The SMILES string of the molecule is CC/C=C\C/C=C\C/C=C\C/C=C\C/C=C\CCCC(=O)OC[C@H](COC(=O)CCCCCCCCCCCCCCCCC)OC(=O)CCCCCCC/C=C\C/C=C\C/C=C\CC. The lowest BCUT2D eigenvalue weighted by Crippen LogP contribution is -2.30. The van der Waals surface area contributed by atoms with E-state index in [4.69, 9.17) is 14.2 Å². The Balaban J connectivity index is 4.50. The minimum atomic E-state index is -0.808. The monoisotopic (exact) mass is 903 g/mol. The molecule has 6 heteroatoms. The lowest BCUT2D eigenvalue weighted by Gasteiger charge is -2.18. The molecule has 65 heavy (non-hydrogen) atoms. The van der Waals surface area contributed by atoms with Crippen LogP contribution in [0.3, 0.4) is 0 Å². The first-order valence-electron chi connectivity index (χ1n) is 26.7. The molecule has 0 saturated heterocycles. The maximum atomic E-state index is 12.8. The average Bonchev–Trinajstić information content (AvgIpc) is 3.30. The van der Waals surface area contributed by atoms with Gasteiger partial charge in [0.05, 0.1) is 0 Å². The first kappa shape index (κ1) is 61.3. The van der Waals surface area contributed by atoms with Crippen LogP contribution in [-0.2, 0) is 28.6 Å². The first-order chi connectivity index (χ1) is 32.0. The predicted octanol–water partition coefficient (Wildman–Crippen LogP) is 17.8. The van der Waals surface area contributed by atoms with Gasteiger partial charge in [-0.2, -0.15) is 0 Å². The van der Waals surface area contributed by atoms with Gasteiger partial charge in [0.15, 0.2) is 6.10 Å². The number of rotatable bonds is 47. The summed E-state index contributed by atoms with van der Waals surface area (Å²) < 4.78 is 16.8. The van der Waals surface area contributed by atoms with Gasteiger partial charge in [-0.1, -0.05) is 227 Å². The van der Waals surface area contributed by atoms with E-state index in [0.717, 1.165) is 116 Å². The zero-order valence-corrected chi connectivity index (χ0v) is 42.2. The van der Waals surface area contributed by atoms with Gasteiger partial charge in [0.1, 0.15) is 13.2 Å². The van der Waals surface area contributed by atoms with Crippen LogP contribution in [0.5, 0.6) is 0 Å². The highest BCUT2D eigenvalue weighted by atomic mass is 16.6. The molecule has 0 amide bonds. The number of hydrogen-bond acceptors (Lipinski definition) is 6. The average molecular weight is 903 g/mol. The van der Waals surface area contributed by atoms with Crippen molar-refractivity contribution in [3.05, 3.63) is 97.2 Å². The van der Waals surface area contributed by atoms with Gasteiger partial charge in [0, 0.05) is 19.3 Å². The summed E-state index contributed by atoms with van der Waals surface area (Å²) in [6.07, 6.45) is 69.7. The van der Waals surface area contributed by atoms with Gasteiger partial charge in [0.25, 0.3) is 0 Å². The van der Waals surface area contributed by atoms with Crippen LogP contribution in [0, 0.1) is 0 Å². The Kier molecular flexibility index (Phi) is 50.0. The molecule has 0 unspecified atom stereocenters. The molecule has 0 N–H and O–H groups in total. The Labute approximate surface area is 400 Å². The van der Waals surface area contributed by atoms with E-state index in [-0.39, 0.29) is 37.5 Å². The van der Waals surface area contributed by atoms with E-state index >= 15 is 0 Å². The highest BCUT2D eigenvalue weighted by Gasteiger charge is 2.19. The van der Waals surface area contributed by atoms with E-state index < -0.39 is 6.10 Å². The third kappa shape index (κ3) is 51.2. The second-order valence-electron chi connectivity index (χ2n) is 17.4. The molecule has 370 valence electrons. The Morgan fingerprint density at radius 2 is 0.615 bits per heavy atom. The molecule has 0 spiro atoms. The number of esters is 3. The molecule has 0 rings (SSSR count). The van der Waals surface area contributed by atoms with Crippen LogP contribution in [0.1, 0.15) is 239 Å². The molecule has 0 aromatic heterocycles. The van der Waals surface area contributed by atoms with Crippen LogP contribution in [0.2, 0.25) is 0 Å². The van der Waals surface area contributed by atoms with Gasteiger partial charge >= 0.3 is 17.9 Å². The van der Waals surface area contributed by atoms with Crippen LogP contribution in [0.25, 0.3) is 0 Å². The number of unbranched alkanes of at least 4 members (excludes halogenated alkanes) is 20. The molecule has 0 bridgehead atoms. The second kappa shape index (κ2) is 52.9. The summed E-state index contributed by atoms with van der Waals surface area (Å²) in [6.45, 7) is 6.35. The highest BCUT2D eigenvalue weighted by Crippen LogP contribution is 2.15.